The fourth-order valence-corrected chi connectivity index (χ4v) is 3.95. The van der Waals surface area contributed by atoms with E-state index in [0.29, 0.717) is 11.8 Å². The summed E-state index contributed by atoms with van der Waals surface area (Å²) < 4.78 is 0. The Labute approximate surface area is 154 Å². The SMILES string of the molecule is O=C(CC1CCCC1)N1CCN(c2ccc(-c3ccncc3)nn2)CC1. The number of hydrogen-bond acceptors (Lipinski definition) is 5. The molecule has 0 N–H and O–H groups in total. The Kier molecular flexibility index (Phi) is 5.09. The summed E-state index contributed by atoms with van der Waals surface area (Å²) in [6, 6.07) is 7.87. The van der Waals surface area contributed by atoms with E-state index in [1.165, 1.54) is 25.7 Å². The van der Waals surface area contributed by atoms with Gasteiger partial charge in [-0.3, -0.25) is 9.78 Å². The zero-order valence-electron chi connectivity index (χ0n) is 15.0. The molecule has 3 heterocycles. The first-order valence-corrected chi connectivity index (χ1v) is 9.56. The van der Waals surface area contributed by atoms with E-state index in [1.54, 1.807) is 12.4 Å². The van der Waals surface area contributed by atoms with Crippen molar-refractivity contribution in [1.82, 2.24) is 20.1 Å². The minimum atomic E-state index is 0.329. The summed E-state index contributed by atoms with van der Waals surface area (Å²) in [5, 5.41) is 8.73. The van der Waals surface area contributed by atoms with Gasteiger partial charge in [-0.1, -0.05) is 12.8 Å². The Morgan fingerprint density at radius 2 is 1.69 bits per heavy atom. The molecule has 6 heteroatoms. The maximum Gasteiger partial charge on any atom is 0.222 e. The largest absolute Gasteiger partial charge is 0.352 e. The van der Waals surface area contributed by atoms with Crippen molar-refractivity contribution in [3.05, 3.63) is 36.7 Å². The van der Waals surface area contributed by atoms with E-state index in [-0.39, 0.29) is 0 Å². The zero-order valence-corrected chi connectivity index (χ0v) is 15.0. The molecule has 4 rings (SSSR count). The first-order valence-electron chi connectivity index (χ1n) is 9.56. The van der Waals surface area contributed by atoms with Crippen molar-refractivity contribution >= 4 is 11.7 Å². The molecule has 2 aromatic rings. The summed E-state index contributed by atoms with van der Waals surface area (Å²) in [6.07, 6.45) is 9.29. The van der Waals surface area contributed by atoms with Crippen LogP contribution in [-0.4, -0.2) is 52.2 Å². The minimum absolute atomic E-state index is 0.329. The van der Waals surface area contributed by atoms with Crippen molar-refractivity contribution in [1.29, 1.82) is 0 Å². The normalized spacial score (nSPS) is 18.3. The minimum Gasteiger partial charge on any atom is -0.352 e. The number of pyridine rings is 1. The molecule has 2 fully saturated rings. The van der Waals surface area contributed by atoms with Crippen LogP contribution in [-0.2, 0) is 4.79 Å². The molecule has 26 heavy (non-hydrogen) atoms. The third-order valence-corrected chi connectivity index (χ3v) is 5.52. The van der Waals surface area contributed by atoms with Gasteiger partial charge in [0.15, 0.2) is 5.82 Å². The van der Waals surface area contributed by atoms with Crippen molar-refractivity contribution < 1.29 is 4.79 Å². The number of carbonyl (C=O) groups excluding carboxylic acids is 1. The molecule has 2 aliphatic rings. The molecule has 1 amide bonds. The number of hydrogen-bond donors (Lipinski definition) is 0. The van der Waals surface area contributed by atoms with E-state index in [1.807, 2.05) is 29.2 Å². The monoisotopic (exact) mass is 351 g/mol. The lowest BCUT2D eigenvalue weighted by Crippen LogP contribution is -2.49. The molecular weight excluding hydrogens is 326 g/mol. The number of anilines is 1. The smallest absolute Gasteiger partial charge is 0.222 e. The van der Waals surface area contributed by atoms with Crippen LogP contribution in [0.4, 0.5) is 5.82 Å². The Morgan fingerprint density at radius 3 is 2.35 bits per heavy atom. The second kappa shape index (κ2) is 7.81. The van der Waals surface area contributed by atoms with Gasteiger partial charge in [-0.05, 0) is 43.0 Å². The van der Waals surface area contributed by atoms with Crippen LogP contribution in [0.2, 0.25) is 0 Å². The van der Waals surface area contributed by atoms with Crippen molar-refractivity contribution in [3.8, 4) is 11.3 Å². The van der Waals surface area contributed by atoms with E-state index in [9.17, 15) is 4.79 Å². The van der Waals surface area contributed by atoms with E-state index in [4.69, 9.17) is 0 Å². The average molecular weight is 351 g/mol. The van der Waals surface area contributed by atoms with Crippen LogP contribution in [0, 0.1) is 5.92 Å². The number of amides is 1. The molecule has 1 saturated carbocycles. The van der Waals surface area contributed by atoms with Gasteiger partial charge in [0, 0.05) is 50.6 Å². The molecule has 0 unspecified atom stereocenters. The van der Waals surface area contributed by atoms with Gasteiger partial charge in [-0.25, -0.2) is 0 Å². The summed E-state index contributed by atoms with van der Waals surface area (Å²) in [4.78, 5) is 20.7. The van der Waals surface area contributed by atoms with Crippen molar-refractivity contribution in [2.24, 2.45) is 5.92 Å². The predicted molar refractivity (Wildman–Crippen MR) is 101 cm³/mol. The van der Waals surface area contributed by atoms with Gasteiger partial charge in [0.05, 0.1) is 5.69 Å². The molecule has 0 atom stereocenters. The van der Waals surface area contributed by atoms with E-state index >= 15 is 0 Å². The lowest BCUT2D eigenvalue weighted by molar-refractivity contribution is -0.132. The molecule has 136 valence electrons. The summed E-state index contributed by atoms with van der Waals surface area (Å²) in [6.45, 7) is 3.19. The highest BCUT2D eigenvalue weighted by Crippen LogP contribution is 2.28. The summed E-state index contributed by atoms with van der Waals surface area (Å²) in [7, 11) is 0. The lowest BCUT2D eigenvalue weighted by atomic mass is 10.0. The van der Waals surface area contributed by atoms with E-state index in [2.05, 4.69) is 20.1 Å². The van der Waals surface area contributed by atoms with Crippen molar-refractivity contribution in [2.45, 2.75) is 32.1 Å². The first-order chi connectivity index (χ1) is 12.8. The number of piperazine rings is 1. The summed E-state index contributed by atoms with van der Waals surface area (Å²) >= 11 is 0. The Hall–Kier alpha value is -2.50. The van der Waals surface area contributed by atoms with E-state index in [0.717, 1.165) is 49.7 Å². The predicted octanol–water partition coefficient (Wildman–Crippen LogP) is 2.77. The number of rotatable bonds is 4. The van der Waals surface area contributed by atoms with Crippen molar-refractivity contribution in [3.63, 3.8) is 0 Å². The fraction of sp³-hybridized carbons (Fsp3) is 0.500. The second-order valence-corrected chi connectivity index (χ2v) is 7.24. The van der Waals surface area contributed by atoms with Crippen molar-refractivity contribution in [2.75, 3.05) is 31.1 Å². The average Bonchev–Trinajstić information content (AvgIpc) is 3.22. The second-order valence-electron chi connectivity index (χ2n) is 7.24. The molecule has 6 nitrogen and oxygen atoms in total. The van der Waals surface area contributed by atoms with E-state index < -0.39 is 0 Å². The fourth-order valence-electron chi connectivity index (χ4n) is 3.95. The van der Waals surface area contributed by atoms with Gasteiger partial charge in [0.1, 0.15) is 0 Å². The highest BCUT2D eigenvalue weighted by molar-refractivity contribution is 5.76. The van der Waals surface area contributed by atoms with Gasteiger partial charge in [0.2, 0.25) is 5.91 Å². The highest BCUT2D eigenvalue weighted by atomic mass is 16.2. The number of nitrogens with zero attached hydrogens (tertiary/aromatic N) is 5. The molecule has 2 aromatic heterocycles. The molecule has 0 spiro atoms. The molecule has 1 saturated heterocycles. The van der Waals surface area contributed by atoms with Crippen LogP contribution in [0.1, 0.15) is 32.1 Å². The third kappa shape index (κ3) is 3.84. The first kappa shape index (κ1) is 16.9. The van der Waals surface area contributed by atoms with Crippen LogP contribution in [0.25, 0.3) is 11.3 Å². The van der Waals surface area contributed by atoms with Gasteiger partial charge in [-0.15, -0.1) is 10.2 Å². The topological polar surface area (TPSA) is 62.2 Å². The zero-order chi connectivity index (χ0) is 17.8. The van der Waals surface area contributed by atoms with Gasteiger partial charge < -0.3 is 9.80 Å². The molecular formula is C20H25N5O. The Balaban J connectivity index is 1.32. The molecule has 0 bridgehead atoms. The third-order valence-electron chi connectivity index (χ3n) is 5.52. The maximum absolute atomic E-state index is 12.5. The van der Waals surface area contributed by atoms with Gasteiger partial charge in [0.25, 0.3) is 0 Å². The van der Waals surface area contributed by atoms with Crippen LogP contribution >= 0.6 is 0 Å². The maximum atomic E-state index is 12.5. The Morgan fingerprint density at radius 1 is 0.962 bits per heavy atom. The lowest BCUT2D eigenvalue weighted by Gasteiger charge is -2.35. The summed E-state index contributed by atoms with van der Waals surface area (Å²) in [5.74, 6) is 1.83. The molecule has 1 aliphatic heterocycles. The standard InChI is InChI=1S/C20H25N5O/c26-20(15-16-3-1-2-4-16)25-13-11-24(12-14-25)19-6-5-18(22-23-19)17-7-9-21-10-8-17/h5-10,16H,1-4,11-15H2. The summed E-state index contributed by atoms with van der Waals surface area (Å²) in [5.41, 5.74) is 1.86. The van der Waals surface area contributed by atoms with Gasteiger partial charge >= 0.3 is 0 Å². The van der Waals surface area contributed by atoms with Crippen LogP contribution in [0.5, 0.6) is 0 Å². The number of carbonyl (C=O) groups is 1. The Bertz CT molecular complexity index is 720. The molecule has 0 aromatic carbocycles. The van der Waals surface area contributed by atoms with Crippen LogP contribution in [0.15, 0.2) is 36.7 Å². The molecule has 1 aliphatic carbocycles. The van der Waals surface area contributed by atoms with Gasteiger partial charge in [-0.2, -0.15) is 0 Å². The quantitative estimate of drug-likeness (QED) is 0.848. The highest BCUT2D eigenvalue weighted by Gasteiger charge is 2.25. The van der Waals surface area contributed by atoms with Crippen LogP contribution in [0.3, 0.4) is 0 Å². The van der Waals surface area contributed by atoms with Crippen LogP contribution < -0.4 is 4.90 Å². The number of aromatic nitrogens is 3. The molecule has 0 radical (unpaired) electrons.